The molecule has 3 aromatic rings. The molecule has 2 atom stereocenters. The van der Waals surface area contributed by atoms with Gasteiger partial charge < -0.3 is 15.8 Å². The smallest absolute Gasteiger partial charge is 0.241 e. The van der Waals surface area contributed by atoms with Crippen molar-refractivity contribution in [1.82, 2.24) is 14.8 Å². The van der Waals surface area contributed by atoms with E-state index in [0.717, 1.165) is 23.3 Å². The number of hydrogen-bond donors (Lipinski definition) is 2. The van der Waals surface area contributed by atoms with Crippen molar-refractivity contribution in [3.05, 3.63) is 65.5 Å². The topological polar surface area (TPSA) is 78.0 Å². The molecule has 0 saturated heterocycles. The van der Waals surface area contributed by atoms with Crippen molar-refractivity contribution >= 4 is 11.9 Å². The number of nitrogens with two attached hydrogens (primary N) is 1. The maximum atomic E-state index is 13.2. The van der Waals surface area contributed by atoms with Crippen LogP contribution in [0.15, 0.2) is 48.5 Å². The fraction of sp³-hybridized carbons (Fsp3) is 0.222. The van der Waals surface area contributed by atoms with E-state index < -0.39 is 0 Å². The average molecular weight is 339 g/mol. The Bertz CT molecular complexity index is 875. The number of nitrogens with zero attached hydrogens (tertiary/aromatic N) is 3. The summed E-state index contributed by atoms with van der Waals surface area (Å²) < 4.78 is 20.3. The second kappa shape index (κ2) is 6.08. The number of hydrogen-bond acceptors (Lipinski definition) is 5. The van der Waals surface area contributed by atoms with Crippen molar-refractivity contribution in [2.45, 2.75) is 18.5 Å². The number of nitrogen functional groups attached to an aromatic ring is 1. The summed E-state index contributed by atoms with van der Waals surface area (Å²) in [6, 6.07) is 14.3. The monoisotopic (exact) mass is 339 g/mol. The molecule has 0 bridgehead atoms. The molecule has 0 aliphatic carbocycles. The van der Waals surface area contributed by atoms with Crippen LogP contribution in [0, 0.1) is 5.82 Å². The number of ether oxygens (including phenoxy) is 1. The zero-order chi connectivity index (χ0) is 17.4. The Morgan fingerprint density at radius 1 is 1.12 bits per heavy atom. The maximum absolute atomic E-state index is 13.2. The molecule has 2 heterocycles. The van der Waals surface area contributed by atoms with E-state index in [1.807, 2.05) is 24.3 Å². The molecular formula is C18H18FN5O. The van der Waals surface area contributed by atoms with Crippen molar-refractivity contribution in [2.75, 3.05) is 18.2 Å². The lowest BCUT2D eigenvalue weighted by Crippen LogP contribution is -2.28. The summed E-state index contributed by atoms with van der Waals surface area (Å²) >= 11 is 0. The standard InChI is InChI=1S/C18H18FN5O/c1-25-14-8-4-12(5-9-14)16-10-15(11-2-6-13(19)7-3-11)21-18-22-17(20)23-24(16)18/h2-9,15-16H,10H2,1H3,(H3,20,21,22,23)/t15-,16+/m1/s1. The molecule has 0 amide bonds. The third-order valence-corrected chi connectivity index (χ3v) is 4.48. The van der Waals surface area contributed by atoms with Gasteiger partial charge in [-0.3, -0.25) is 0 Å². The number of benzene rings is 2. The molecule has 0 unspecified atom stereocenters. The summed E-state index contributed by atoms with van der Waals surface area (Å²) in [5.74, 6) is 1.38. The van der Waals surface area contributed by atoms with Crippen molar-refractivity contribution in [2.24, 2.45) is 0 Å². The van der Waals surface area contributed by atoms with Crippen LogP contribution in [0.4, 0.5) is 16.3 Å². The first-order chi connectivity index (χ1) is 12.1. The van der Waals surface area contributed by atoms with Gasteiger partial charge in [-0.05, 0) is 41.8 Å². The first kappa shape index (κ1) is 15.4. The first-order valence-corrected chi connectivity index (χ1v) is 8.02. The molecule has 0 radical (unpaired) electrons. The highest BCUT2D eigenvalue weighted by atomic mass is 19.1. The predicted molar refractivity (Wildman–Crippen MR) is 92.9 cm³/mol. The SMILES string of the molecule is COc1ccc([C@@H]2C[C@H](c3ccc(F)cc3)Nc3nc(N)nn32)cc1. The van der Waals surface area contributed by atoms with Gasteiger partial charge >= 0.3 is 0 Å². The van der Waals surface area contributed by atoms with Crippen LogP contribution < -0.4 is 15.8 Å². The number of nitrogens with one attached hydrogen (secondary N) is 1. The van der Waals surface area contributed by atoms with Gasteiger partial charge in [0.1, 0.15) is 11.6 Å². The lowest BCUT2D eigenvalue weighted by molar-refractivity contribution is 0.411. The van der Waals surface area contributed by atoms with Crippen molar-refractivity contribution in [1.29, 1.82) is 0 Å². The largest absolute Gasteiger partial charge is 0.497 e. The van der Waals surface area contributed by atoms with Gasteiger partial charge in [-0.2, -0.15) is 4.98 Å². The summed E-state index contributed by atoms with van der Waals surface area (Å²) in [5.41, 5.74) is 7.87. The molecule has 0 fully saturated rings. The van der Waals surface area contributed by atoms with E-state index >= 15 is 0 Å². The summed E-state index contributed by atoms with van der Waals surface area (Å²) in [7, 11) is 1.64. The predicted octanol–water partition coefficient (Wildman–Crippen LogP) is 3.15. The molecule has 7 heteroatoms. The normalized spacial score (nSPS) is 19.1. The highest BCUT2D eigenvalue weighted by molar-refractivity contribution is 5.42. The fourth-order valence-corrected chi connectivity index (χ4v) is 3.21. The Morgan fingerprint density at radius 3 is 2.48 bits per heavy atom. The van der Waals surface area contributed by atoms with Gasteiger partial charge in [0, 0.05) is 0 Å². The van der Waals surface area contributed by atoms with E-state index in [4.69, 9.17) is 10.5 Å². The quantitative estimate of drug-likeness (QED) is 0.766. The molecule has 6 nitrogen and oxygen atoms in total. The third-order valence-electron chi connectivity index (χ3n) is 4.48. The number of halogens is 1. The van der Waals surface area contributed by atoms with Crippen LogP contribution in [-0.4, -0.2) is 21.9 Å². The Balaban J connectivity index is 1.72. The molecule has 1 aliphatic heterocycles. The van der Waals surface area contributed by atoms with E-state index in [2.05, 4.69) is 15.4 Å². The van der Waals surface area contributed by atoms with Gasteiger partial charge in [0.15, 0.2) is 0 Å². The van der Waals surface area contributed by atoms with Crippen molar-refractivity contribution in [3.8, 4) is 5.75 Å². The van der Waals surface area contributed by atoms with Crippen LogP contribution in [0.25, 0.3) is 0 Å². The fourth-order valence-electron chi connectivity index (χ4n) is 3.21. The van der Waals surface area contributed by atoms with Crippen LogP contribution in [-0.2, 0) is 0 Å². The Kier molecular flexibility index (Phi) is 3.76. The summed E-state index contributed by atoms with van der Waals surface area (Å²) in [6.45, 7) is 0. The van der Waals surface area contributed by atoms with Crippen LogP contribution in [0.1, 0.15) is 29.6 Å². The van der Waals surface area contributed by atoms with E-state index in [0.29, 0.717) is 5.95 Å². The van der Waals surface area contributed by atoms with E-state index in [1.54, 1.807) is 23.9 Å². The molecule has 0 spiro atoms. The second-order valence-electron chi connectivity index (χ2n) is 6.01. The van der Waals surface area contributed by atoms with Gasteiger partial charge in [-0.1, -0.05) is 24.3 Å². The summed E-state index contributed by atoms with van der Waals surface area (Å²) in [5, 5.41) is 7.66. The lowest BCUT2D eigenvalue weighted by Gasteiger charge is -2.31. The van der Waals surface area contributed by atoms with E-state index in [-0.39, 0.29) is 23.8 Å². The summed E-state index contributed by atoms with van der Waals surface area (Å²) in [4.78, 5) is 4.27. The van der Waals surface area contributed by atoms with E-state index in [9.17, 15) is 4.39 Å². The van der Waals surface area contributed by atoms with Crippen LogP contribution in [0.5, 0.6) is 5.75 Å². The van der Waals surface area contributed by atoms with E-state index in [1.165, 1.54) is 12.1 Å². The number of rotatable bonds is 3. The number of methoxy groups -OCH3 is 1. The van der Waals surface area contributed by atoms with Crippen molar-refractivity contribution in [3.63, 3.8) is 0 Å². The molecule has 1 aromatic heterocycles. The third kappa shape index (κ3) is 2.88. The highest BCUT2D eigenvalue weighted by Crippen LogP contribution is 2.38. The molecule has 0 saturated carbocycles. The molecule has 25 heavy (non-hydrogen) atoms. The zero-order valence-corrected chi connectivity index (χ0v) is 13.7. The maximum Gasteiger partial charge on any atom is 0.241 e. The van der Waals surface area contributed by atoms with Gasteiger partial charge in [-0.25, -0.2) is 9.07 Å². The summed E-state index contributed by atoms with van der Waals surface area (Å²) in [6.07, 6.45) is 0.744. The van der Waals surface area contributed by atoms with Crippen LogP contribution in [0.2, 0.25) is 0 Å². The minimum atomic E-state index is -0.251. The Labute approximate surface area is 144 Å². The first-order valence-electron chi connectivity index (χ1n) is 8.02. The molecule has 4 rings (SSSR count). The number of anilines is 2. The molecule has 2 aromatic carbocycles. The Hall–Kier alpha value is -3.09. The van der Waals surface area contributed by atoms with Crippen molar-refractivity contribution < 1.29 is 9.13 Å². The molecular weight excluding hydrogens is 321 g/mol. The van der Waals surface area contributed by atoms with Gasteiger partial charge in [0.05, 0.1) is 19.2 Å². The highest BCUT2D eigenvalue weighted by Gasteiger charge is 2.30. The molecule has 128 valence electrons. The average Bonchev–Trinajstić information content (AvgIpc) is 3.01. The number of aromatic nitrogens is 3. The number of fused-ring (bicyclic) bond motifs is 1. The minimum Gasteiger partial charge on any atom is -0.497 e. The Morgan fingerprint density at radius 2 is 1.80 bits per heavy atom. The van der Waals surface area contributed by atoms with Crippen LogP contribution >= 0.6 is 0 Å². The second-order valence-corrected chi connectivity index (χ2v) is 6.01. The lowest BCUT2D eigenvalue weighted by atomic mass is 9.93. The van der Waals surface area contributed by atoms with Gasteiger partial charge in [-0.15, -0.1) is 5.10 Å². The zero-order valence-electron chi connectivity index (χ0n) is 13.7. The molecule has 3 N–H and O–H groups in total. The molecule has 1 aliphatic rings. The van der Waals surface area contributed by atoms with Crippen LogP contribution in [0.3, 0.4) is 0 Å². The minimum absolute atomic E-state index is 0.0104. The van der Waals surface area contributed by atoms with Gasteiger partial charge in [0.25, 0.3) is 0 Å². The van der Waals surface area contributed by atoms with Gasteiger partial charge in [0.2, 0.25) is 11.9 Å².